The van der Waals surface area contributed by atoms with E-state index < -0.39 is 5.97 Å². The molecule has 3 heterocycles. The molecule has 1 amide bonds. The van der Waals surface area contributed by atoms with Crippen LogP contribution < -0.4 is 10.1 Å². The maximum atomic E-state index is 13.6. The van der Waals surface area contributed by atoms with Gasteiger partial charge in [0, 0.05) is 47.8 Å². The average molecular weight is 529 g/mol. The first-order valence-electron chi connectivity index (χ1n) is 13.8. The maximum absolute atomic E-state index is 13.6. The van der Waals surface area contributed by atoms with E-state index in [9.17, 15) is 9.59 Å². The highest BCUT2D eigenvalue weighted by Gasteiger charge is 2.36. The number of rotatable bonds is 6. The van der Waals surface area contributed by atoms with Gasteiger partial charge in [0.2, 0.25) is 5.91 Å². The minimum atomic E-state index is -0.404. The van der Waals surface area contributed by atoms with Crippen molar-refractivity contribution in [2.24, 2.45) is 7.05 Å². The zero-order chi connectivity index (χ0) is 27.4. The number of amides is 1. The van der Waals surface area contributed by atoms with Crippen LogP contribution in [0, 0.1) is 13.8 Å². The summed E-state index contributed by atoms with van der Waals surface area (Å²) in [6.07, 6.45) is 3.24. The zero-order valence-electron chi connectivity index (χ0n) is 23.4. The Bertz CT molecular complexity index is 1630. The van der Waals surface area contributed by atoms with E-state index in [2.05, 4.69) is 39.9 Å². The average Bonchev–Trinajstić information content (AvgIpc) is 3.38. The van der Waals surface area contributed by atoms with E-state index in [4.69, 9.17) is 9.47 Å². The molecule has 6 rings (SSSR count). The van der Waals surface area contributed by atoms with Gasteiger partial charge in [-0.1, -0.05) is 11.6 Å². The van der Waals surface area contributed by atoms with E-state index in [0.29, 0.717) is 22.4 Å². The summed E-state index contributed by atoms with van der Waals surface area (Å²) in [6, 6.07) is 10.7. The summed E-state index contributed by atoms with van der Waals surface area (Å²) in [5.41, 5.74) is 7.99. The van der Waals surface area contributed by atoms with E-state index >= 15 is 0 Å². The largest absolute Gasteiger partial charge is 0.495 e. The first kappa shape index (κ1) is 25.5. The van der Waals surface area contributed by atoms with Crippen LogP contribution in [0.1, 0.15) is 58.7 Å². The second-order valence-electron chi connectivity index (χ2n) is 10.7. The van der Waals surface area contributed by atoms with Gasteiger partial charge in [0.1, 0.15) is 5.75 Å². The molecule has 0 bridgehead atoms. The Morgan fingerprint density at radius 1 is 1.10 bits per heavy atom. The summed E-state index contributed by atoms with van der Waals surface area (Å²) in [6.45, 7) is 8.04. The third-order valence-electron chi connectivity index (χ3n) is 8.57. The molecule has 39 heavy (non-hydrogen) atoms. The van der Waals surface area contributed by atoms with Crippen molar-refractivity contribution in [3.63, 3.8) is 0 Å². The first-order valence-corrected chi connectivity index (χ1v) is 13.8. The lowest BCUT2D eigenvalue weighted by Gasteiger charge is -2.39. The number of ether oxygens (including phenoxy) is 2. The van der Waals surface area contributed by atoms with Crippen molar-refractivity contribution in [2.75, 3.05) is 32.1 Å². The molecule has 0 saturated carbocycles. The lowest BCUT2D eigenvalue weighted by Crippen LogP contribution is -2.43. The van der Waals surface area contributed by atoms with Crippen molar-refractivity contribution in [3.8, 4) is 5.75 Å². The van der Waals surface area contributed by atoms with Gasteiger partial charge in [-0.2, -0.15) is 0 Å². The Morgan fingerprint density at radius 2 is 1.90 bits per heavy atom. The van der Waals surface area contributed by atoms with E-state index in [1.807, 2.05) is 30.7 Å². The van der Waals surface area contributed by atoms with Gasteiger partial charge >= 0.3 is 5.97 Å². The molecule has 1 unspecified atom stereocenters. The zero-order valence-corrected chi connectivity index (χ0v) is 23.4. The van der Waals surface area contributed by atoms with Crippen LogP contribution in [-0.4, -0.2) is 52.7 Å². The summed E-state index contributed by atoms with van der Waals surface area (Å²) in [5.74, 6) is -0.0103. The second-order valence-corrected chi connectivity index (χ2v) is 10.7. The Labute approximate surface area is 228 Å². The number of fused-ring (bicyclic) bond motifs is 4. The van der Waals surface area contributed by atoms with Crippen LogP contribution in [0.5, 0.6) is 5.75 Å². The number of anilines is 1. The molecule has 0 radical (unpaired) electrons. The van der Waals surface area contributed by atoms with Crippen molar-refractivity contribution in [2.45, 2.75) is 52.6 Å². The quantitative estimate of drug-likeness (QED) is 0.345. The van der Waals surface area contributed by atoms with Crippen LogP contribution in [0.3, 0.4) is 0 Å². The molecule has 1 N–H and O–H groups in total. The highest BCUT2D eigenvalue weighted by molar-refractivity contribution is 6.14. The molecule has 1 aliphatic carbocycles. The second kappa shape index (κ2) is 9.75. The smallest absolute Gasteiger partial charge is 0.340 e. The van der Waals surface area contributed by atoms with Crippen molar-refractivity contribution in [3.05, 3.63) is 58.4 Å². The molecular formula is C31H36N4O4. The topological polar surface area (TPSA) is 77.7 Å². The number of hydrogen-bond donors (Lipinski definition) is 1. The summed E-state index contributed by atoms with van der Waals surface area (Å²) < 4.78 is 15.5. The van der Waals surface area contributed by atoms with Gasteiger partial charge in [-0.15, -0.1) is 0 Å². The molecule has 0 fully saturated rings. The number of nitrogens with one attached hydrogen (secondary N) is 1. The number of carbonyl (C=O) groups excluding carboxylic acids is 2. The van der Waals surface area contributed by atoms with Crippen LogP contribution in [0.4, 0.5) is 5.69 Å². The molecule has 0 saturated heterocycles. The Balaban J connectivity index is 1.34. The fourth-order valence-electron chi connectivity index (χ4n) is 6.73. The lowest BCUT2D eigenvalue weighted by atomic mass is 9.89. The predicted molar refractivity (Wildman–Crippen MR) is 153 cm³/mol. The fraction of sp³-hybridized carbons (Fsp3) is 0.419. The minimum absolute atomic E-state index is 0.121. The number of esters is 1. The Kier molecular flexibility index (Phi) is 6.38. The number of nitrogens with zero attached hydrogens (tertiary/aromatic N) is 3. The maximum Gasteiger partial charge on any atom is 0.340 e. The number of aromatic nitrogens is 2. The predicted octanol–water partition coefficient (Wildman–Crippen LogP) is 5.27. The van der Waals surface area contributed by atoms with Crippen LogP contribution in [-0.2, 0) is 29.5 Å². The van der Waals surface area contributed by atoms with Gasteiger partial charge in [-0.3, -0.25) is 9.69 Å². The summed E-state index contributed by atoms with van der Waals surface area (Å²) in [7, 11) is 3.48. The Morgan fingerprint density at radius 3 is 2.67 bits per heavy atom. The number of carbonyl (C=O) groups is 2. The van der Waals surface area contributed by atoms with Gasteiger partial charge < -0.3 is 23.9 Å². The van der Waals surface area contributed by atoms with Gasteiger partial charge in [-0.25, -0.2) is 4.79 Å². The van der Waals surface area contributed by atoms with Crippen molar-refractivity contribution in [1.29, 1.82) is 0 Å². The van der Waals surface area contributed by atoms with Crippen molar-refractivity contribution < 1.29 is 19.1 Å². The molecule has 204 valence electrons. The number of aryl methyl sites for hydroxylation is 3. The molecule has 8 nitrogen and oxygen atoms in total. The van der Waals surface area contributed by atoms with Crippen molar-refractivity contribution >= 4 is 39.4 Å². The third-order valence-corrected chi connectivity index (χ3v) is 8.57. The van der Waals surface area contributed by atoms with Crippen molar-refractivity contribution in [1.82, 2.24) is 14.0 Å². The van der Waals surface area contributed by atoms with E-state index in [-0.39, 0.29) is 25.1 Å². The molecule has 4 aromatic rings. The highest BCUT2D eigenvalue weighted by Crippen LogP contribution is 2.43. The van der Waals surface area contributed by atoms with E-state index in [1.165, 1.54) is 27.7 Å². The van der Waals surface area contributed by atoms with Gasteiger partial charge in [0.05, 0.1) is 43.1 Å². The summed E-state index contributed by atoms with van der Waals surface area (Å²) in [4.78, 5) is 28.9. The van der Waals surface area contributed by atoms with Crippen LogP contribution >= 0.6 is 0 Å². The summed E-state index contributed by atoms with van der Waals surface area (Å²) in [5, 5.41) is 5.14. The number of hydrogen-bond acceptors (Lipinski definition) is 5. The van der Waals surface area contributed by atoms with Gasteiger partial charge in [0.25, 0.3) is 0 Å². The number of methoxy groups -OCH3 is 1. The Hall–Kier alpha value is -3.78. The monoisotopic (exact) mass is 528 g/mol. The normalized spacial score (nSPS) is 16.9. The minimum Gasteiger partial charge on any atom is -0.495 e. The molecule has 1 atom stereocenters. The van der Waals surface area contributed by atoms with Crippen LogP contribution in [0.2, 0.25) is 0 Å². The third kappa shape index (κ3) is 4.00. The molecule has 2 aliphatic rings. The van der Waals surface area contributed by atoms with Gasteiger partial charge in [0.15, 0.2) is 0 Å². The van der Waals surface area contributed by atoms with E-state index in [1.54, 1.807) is 14.0 Å². The van der Waals surface area contributed by atoms with Crippen LogP contribution in [0.25, 0.3) is 21.8 Å². The molecular weight excluding hydrogens is 492 g/mol. The molecule has 2 aromatic heterocycles. The lowest BCUT2D eigenvalue weighted by molar-refractivity contribution is -0.118. The van der Waals surface area contributed by atoms with E-state index in [0.717, 1.165) is 43.6 Å². The van der Waals surface area contributed by atoms with Crippen LogP contribution in [0.15, 0.2) is 30.3 Å². The highest BCUT2D eigenvalue weighted by atomic mass is 16.5. The molecule has 8 heteroatoms. The molecule has 2 aromatic carbocycles. The summed E-state index contributed by atoms with van der Waals surface area (Å²) >= 11 is 0. The standard InChI is InChI=1S/C31H36N4O4/c1-6-39-31(37)27-19(3)33(4)23-12-13-25(38-5)29(28(23)27)32-26(36)17-34-14-15-35-22-11-10-18(2)16-21(22)20-8-7-9-24(34)30(20)35/h10-13,16,24H,6-9,14-15,17H2,1-5H3,(H,32,36). The molecule has 0 spiro atoms. The SMILES string of the molecule is CCOC(=O)c1c(C)n(C)c2ccc(OC)c(NC(=O)CN3CCn4c5c(c6cc(C)ccc64)CCCC53)c12. The molecule has 1 aliphatic heterocycles. The van der Waals surface area contributed by atoms with Gasteiger partial charge in [-0.05, 0) is 69.9 Å². The first-order chi connectivity index (χ1) is 18.8. The fourth-order valence-corrected chi connectivity index (χ4v) is 6.73. The number of benzene rings is 2.